The second kappa shape index (κ2) is 8.69. The summed E-state index contributed by atoms with van der Waals surface area (Å²) in [7, 11) is 3.04. The van der Waals surface area contributed by atoms with Crippen molar-refractivity contribution in [3.05, 3.63) is 57.9 Å². The Morgan fingerprint density at radius 3 is 2.52 bits per heavy atom. The zero-order chi connectivity index (χ0) is 21.1. The molecule has 1 unspecified atom stereocenters. The van der Waals surface area contributed by atoms with Crippen LogP contribution in [0.2, 0.25) is 5.02 Å². The van der Waals surface area contributed by atoms with Gasteiger partial charge < -0.3 is 19.1 Å². The van der Waals surface area contributed by atoms with Crippen molar-refractivity contribution in [2.24, 2.45) is 0 Å². The lowest BCUT2D eigenvalue weighted by molar-refractivity contribution is -0.151. The number of carbonyl (C=O) groups is 2. The summed E-state index contributed by atoms with van der Waals surface area (Å²) < 4.78 is 30.5. The van der Waals surface area contributed by atoms with Crippen LogP contribution in [0.5, 0.6) is 11.5 Å². The smallest absolute Gasteiger partial charge is 0.303 e. The van der Waals surface area contributed by atoms with E-state index in [9.17, 15) is 14.0 Å². The summed E-state index contributed by atoms with van der Waals surface area (Å²) in [5.74, 6) is -0.537. The molecule has 0 aromatic heterocycles. The van der Waals surface area contributed by atoms with Gasteiger partial charge in [0.05, 0.1) is 20.3 Å². The standard InChI is InChI=1S/C21H21ClFNO5/c1-12(25)29-11-19(26)24-8-7-13-9-17(27-2)18(28-3)10-14(13)21(24)20-15(22)5-4-6-16(20)23/h4-6,9-10,21H,7-8,11H2,1-3H3. The Hall–Kier alpha value is -2.80. The Balaban J connectivity index is 2.15. The van der Waals surface area contributed by atoms with Crippen LogP contribution in [0.4, 0.5) is 4.39 Å². The second-order valence-electron chi connectivity index (χ2n) is 6.56. The van der Waals surface area contributed by atoms with Crippen molar-refractivity contribution in [1.82, 2.24) is 4.90 Å². The number of fused-ring (bicyclic) bond motifs is 1. The molecule has 1 aliphatic heterocycles. The summed E-state index contributed by atoms with van der Waals surface area (Å²) in [6.07, 6.45) is 0.518. The molecule has 2 aromatic carbocycles. The van der Waals surface area contributed by atoms with Crippen molar-refractivity contribution in [1.29, 1.82) is 0 Å². The van der Waals surface area contributed by atoms with E-state index in [1.54, 1.807) is 12.1 Å². The number of amides is 1. The highest BCUT2D eigenvalue weighted by atomic mass is 35.5. The molecule has 8 heteroatoms. The third-order valence-corrected chi connectivity index (χ3v) is 5.20. The molecule has 0 fully saturated rings. The Morgan fingerprint density at radius 2 is 1.90 bits per heavy atom. The van der Waals surface area contributed by atoms with Crippen molar-refractivity contribution < 1.29 is 28.2 Å². The Morgan fingerprint density at radius 1 is 1.21 bits per heavy atom. The molecule has 1 atom stereocenters. The number of methoxy groups -OCH3 is 2. The molecule has 29 heavy (non-hydrogen) atoms. The van der Waals surface area contributed by atoms with Crippen LogP contribution in [0, 0.1) is 5.82 Å². The van der Waals surface area contributed by atoms with E-state index in [2.05, 4.69) is 0 Å². The van der Waals surface area contributed by atoms with E-state index in [0.29, 0.717) is 30.0 Å². The van der Waals surface area contributed by atoms with Crippen LogP contribution in [0.1, 0.15) is 29.7 Å². The first-order chi connectivity index (χ1) is 13.9. The van der Waals surface area contributed by atoms with Gasteiger partial charge in [-0.15, -0.1) is 0 Å². The summed E-state index contributed by atoms with van der Waals surface area (Å²) in [5.41, 5.74) is 1.75. The Kier molecular flexibility index (Phi) is 6.27. The minimum absolute atomic E-state index is 0.179. The van der Waals surface area contributed by atoms with Gasteiger partial charge in [-0.3, -0.25) is 9.59 Å². The van der Waals surface area contributed by atoms with E-state index in [-0.39, 0.29) is 10.6 Å². The highest BCUT2D eigenvalue weighted by Crippen LogP contribution is 2.43. The fraction of sp³-hybridized carbons (Fsp3) is 0.333. The molecule has 1 heterocycles. The van der Waals surface area contributed by atoms with Gasteiger partial charge in [-0.2, -0.15) is 0 Å². The van der Waals surface area contributed by atoms with Crippen LogP contribution in [0.15, 0.2) is 30.3 Å². The summed E-state index contributed by atoms with van der Waals surface area (Å²) in [5, 5.41) is 0.197. The maximum atomic E-state index is 14.8. The third-order valence-electron chi connectivity index (χ3n) is 4.87. The van der Waals surface area contributed by atoms with Crippen LogP contribution < -0.4 is 9.47 Å². The van der Waals surface area contributed by atoms with Gasteiger partial charge in [0, 0.05) is 24.1 Å². The lowest BCUT2D eigenvalue weighted by Gasteiger charge is -2.38. The van der Waals surface area contributed by atoms with Gasteiger partial charge in [0.1, 0.15) is 5.82 Å². The van der Waals surface area contributed by atoms with Gasteiger partial charge >= 0.3 is 5.97 Å². The molecule has 0 saturated heterocycles. The predicted molar refractivity (Wildman–Crippen MR) is 105 cm³/mol. The zero-order valence-corrected chi connectivity index (χ0v) is 17.1. The second-order valence-corrected chi connectivity index (χ2v) is 6.97. The minimum atomic E-state index is -0.796. The number of ether oxygens (including phenoxy) is 3. The van der Waals surface area contributed by atoms with Crippen molar-refractivity contribution in [2.45, 2.75) is 19.4 Å². The van der Waals surface area contributed by atoms with Gasteiger partial charge in [-0.1, -0.05) is 17.7 Å². The first-order valence-electron chi connectivity index (χ1n) is 8.98. The number of hydrogen-bond acceptors (Lipinski definition) is 5. The van der Waals surface area contributed by atoms with Crippen molar-refractivity contribution in [3.8, 4) is 11.5 Å². The summed E-state index contributed by atoms with van der Waals surface area (Å²) in [4.78, 5) is 25.4. The SMILES string of the molecule is COc1cc2c(cc1OC)C(c1c(F)cccc1Cl)N(C(=O)COC(C)=O)CC2. The van der Waals surface area contributed by atoms with Gasteiger partial charge in [-0.05, 0) is 41.8 Å². The number of esters is 1. The number of rotatable bonds is 5. The van der Waals surface area contributed by atoms with E-state index in [4.69, 9.17) is 25.8 Å². The van der Waals surface area contributed by atoms with Crippen LogP contribution in [-0.4, -0.2) is 44.1 Å². The molecule has 6 nitrogen and oxygen atoms in total. The van der Waals surface area contributed by atoms with Gasteiger partial charge in [0.25, 0.3) is 5.91 Å². The van der Waals surface area contributed by atoms with Crippen molar-refractivity contribution >= 4 is 23.5 Å². The van der Waals surface area contributed by atoms with E-state index in [1.807, 2.05) is 6.07 Å². The van der Waals surface area contributed by atoms with Crippen LogP contribution in [-0.2, 0) is 20.7 Å². The molecular formula is C21H21ClFNO5. The van der Waals surface area contributed by atoms with Gasteiger partial charge in [-0.25, -0.2) is 4.39 Å². The molecule has 1 amide bonds. The van der Waals surface area contributed by atoms with E-state index in [0.717, 1.165) is 5.56 Å². The summed E-state index contributed by atoms with van der Waals surface area (Å²) in [6, 6.07) is 7.13. The largest absolute Gasteiger partial charge is 0.493 e. The number of carbonyl (C=O) groups excluding carboxylic acids is 2. The monoisotopic (exact) mass is 421 g/mol. The molecule has 1 aliphatic rings. The normalized spacial score (nSPS) is 15.5. The van der Waals surface area contributed by atoms with E-state index in [1.165, 1.54) is 38.2 Å². The average molecular weight is 422 g/mol. The maximum Gasteiger partial charge on any atom is 0.303 e. The summed E-state index contributed by atoms with van der Waals surface area (Å²) in [6.45, 7) is 1.10. The first-order valence-corrected chi connectivity index (χ1v) is 9.36. The molecule has 0 aliphatic carbocycles. The molecule has 154 valence electrons. The zero-order valence-electron chi connectivity index (χ0n) is 16.3. The maximum absolute atomic E-state index is 14.8. The van der Waals surface area contributed by atoms with Crippen molar-refractivity contribution in [3.63, 3.8) is 0 Å². The lowest BCUT2D eigenvalue weighted by atomic mass is 9.87. The molecule has 0 N–H and O–H groups in total. The van der Waals surface area contributed by atoms with Gasteiger partial charge in [0.15, 0.2) is 18.1 Å². The minimum Gasteiger partial charge on any atom is -0.493 e. The average Bonchev–Trinajstić information content (AvgIpc) is 2.70. The predicted octanol–water partition coefficient (Wildman–Crippen LogP) is 3.53. The molecule has 0 spiro atoms. The molecular weight excluding hydrogens is 401 g/mol. The van der Waals surface area contributed by atoms with Crippen LogP contribution in [0.3, 0.4) is 0 Å². The quantitative estimate of drug-likeness (QED) is 0.691. The summed E-state index contributed by atoms with van der Waals surface area (Å²) >= 11 is 6.34. The Labute approximate surface area is 173 Å². The molecule has 3 rings (SSSR count). The van der Waals surface area contributed by atoms with E-state index >= 15 is 0 Å². The molecule has 0 bridgehead atoms. The van der Waals surface area contributed by atoms with Gasteiger partial charge in [0.2, 0.25) is 0 Å². The third kappa shape index (κ3) is 4.15. The molecule has 0 radical (unpaired) electrons. The topological polar surface area (TPSA) is 65.1 Å². The van der Waals surface area contributed by atoms with E-state index < -0.39 is 30.3 Å². The van der Waals surface area contributed by atoms with Crippen LogP contribution in [0.25, 0.3) is 0 Å². The highest BCUT2D eigenvalue weighted by Gasteiger charge is 2.36. The molecule has 2 aromatic rings. The highest BCUT2D eigenvalue weighted by molar-refractivity contribution is 6.31. The number of nitrogens with zero attached hydrogens (tertiary/aromatic N) is 1. The molecule has 0 saturated carbocycles. The number of hydrogen-bond donors (Lipinski definition) is 0. The fourth-order valence-electron chi connectivity index (χ4n) is 3.54. The fourth-order valence-corrected chi connectivity index (χ4v) is 3.81. The first kappa shape index (κ1) is 20.9. The number of halogens is 2. The number of benzene rings is 2. The van der Waals surface area contributed by atoms with Crippen molar-refractivity contribution in [2.75, 3.05) is 27.4 Å². The lowest BCUT2D eigenvalue weighted by Crippen LogP contribution is -2.43. The van der Waals surface area contributed by atoms with Crippen LogP contribution >= 0.6 is 11.6 Å². The Bertz CT molecular complexity index is 929.